The van der Waals surface area contributed by atoms with Gasteiger partial charge in [-0.2, -0.15) is 0 Å². The minimum absolute atomic E-state index is 0.333. The van der Waals surface area contributed by atoms with Crippen LogP contribution in [0.1, 0.15) is 45.4 Å². The summed E-state index contributed by atoms with van der Waals surface area (Å²) in [6, 6.07) is 0. The average molecular weight is 264 g/mol. The molecule has 0 bridgehead atoms. The van der Waals surface area contributed by atoms with Gasteiger partial charge >= 0.3 is 0 Å². The fraction of sp³-hybridized carbons (Fsp3) is 0.938. The first kappa shape index (κ1) is 13.4. The summed E-state index contributed by atoms with van der Waals surface area (Å²) in [6.45, 7) is 6.88. The van der Waals surface area contributed by atoms with Crippen molar-refractivity contribution in [3.63, 3.8) is 0 Å². The number of hydrogen-bond donors (Lipinski definition) is 1. The Kier molecular flexibility index (Phi) is 4.11. The molecular weight excluding hydrogens is 236 g/mol. The number of carbonyl (C=O) groups is 1. The molecule has 1 heterocycles. The molecule has 19 heavy (non-hydrogen) atoms. The van der Waals surface area contributed by atoms with Crippen molar-refractivity contribution in [2.75, 3.05) is 26.2 Å². The van der Waals surface area contributed by atoms with Crippen LogP contribution in [0.3, 0.4) is 0 Å². The number of carbonyl (C=O) groups excluding carboxylic acids is 1. The van der Waals surface area contributed by atoms with Crippen LogP contribution in [0.4, 0.5) is 0 Å². The highest BCUT2D eigenvalue weighted by molar-refractivity contribution is 5.79. The zero-order chi connectivity index (χ0) is 13.2. The molecule has 0 aromatic heterocycles. The van der Waals surface area contributed by atoms with Gasteiger partial charge in [0.15, 0.2) is 0 Å². The minimum Gasteiger partial charge on any atom is -0.356 e. The van der Waals surface area contributed by atoms with Crippen LogP contribution in [-0.2, 0) is 4.79 Å². The minimum atomic E-state index is 0.333. The topological polar surface area (TPSA) is 32.3 Å². The first-order valence-corrected chi connectivity index (χ1v) is 8.22. The lowest BCUT2D eigenvalue weighted by atomic mass is 9.99. The van der Waals surface area contributed by atoms with Crippen molar-refractivity contribution in [1.29, 1.82) is 0 Å². The number of piperidine rings is 1. The van der Waals surface area contributed by atoms with Gasteiger partial charge in [0.2, 0.25) is 5.91 Å². The van der Waals surface area contributed by atoms with Crippen LogP contribution in [0.5, 0.6) is 0 Å². The predicted molar refractivity (Wildman–Crippen MR) is 76.8 cm³/mol. The van der Waals surface area contributed by atoms with Crippen molar-refractivity contribution in [3.05, 3.63) is 0 Å². The summed E-state index contributed by atoms with van der Waals surface area (Å²) in [5, 5.41) is 3.15. The molecule has 3 rings (SSSR count). The van der Waals surface area contributed by atoms with Gasteiger partial charge in [0, 0.05) is 12.5 Å². The Bertz CT molecular complexity index is 313. The van der Waals surface area contributed by atoms with E-state index < -0.39 is 0 Å². The normalized spacial score (nSPS) is 35.1. The van der Waals surface area contributed by atoms with E-state index in [1.165, 1.54) is 45.2 Å². The Morgan fingerprint density at radius 2 is 1.84 bits per heavy atom. The summed E-state index contributed by atoms with van der Waals surface area (Å²) in [7, 11) is 0. The van der Waals surface area contributed by atoms with Crippen LogP contribution in [0, 0.1) is 23.7 Å². The van der Waals surface area contributed by atoms with E-state index in [2.05, 4.69) is 17.1 Å². The monoisotopic (exact) mass is 264 g/mol. The van der Waals surface area contributed by atoms with E-state index in [4.69, 9.17) is 0 Å². The van der Waals surface area contributed by atoms with Crippen molar-refractivity contribution in [3.8, 4) is 0 Å². The zero-order valence-corrected chi connectivity index (χ0v) is 12.2. The number of amides is 1. The van der Waals surface area contributed by atoms with Crippen molar-refractivity contribution >= 4 is 5.91 Å². The third-order valence-electron chi connectivity index (χ3n) is 5.44. The van der Waals surface area contributed by atoms with Gasteiger partial charge in [0.05, 0.1) is 0 Å². The van der Waals surface area contributed by atoms with E-state index in [0.29, 0.717) is 11.8 Å². The highest BCUT2D eigenvalue weighted by Crippen LogP contribution is 2.54. The Hall–Kier alpha value is -0.570. The molecule has 3 aliphatic rings. The molecule has 1 saturated heterocycles. The molecule has 2 saturated carbocycles. The van der Waals surface area contributed by atoms with Crippen molar-refractivity contribution in [2.24, 2.45) is 23.7 Å². The number of nitrogens with zero attached hydrogens (tertiary/aromatic N) is 1. The van der Waals surface area contributed by atoms with Crippen LogP contribution in [0.2, 0.25) is 0 Å². The lowest BCUT2D eigenvalue weighted by Crippen LogP contribution is -2.36. The van der Waals surface area contributed by atoms with Gasteiger partial charge in [0.1, 0.15) is 0 Å². The maximum atomic E-state index is 12.0. The van der Waals surface area contributed by atoms with E-state index >= 15 is 0 Å². The molecule has 0 aromatic carbocycles. The SMILES string of the molecule is CC1CCN(CCCNC(=O)C2CC3CC3C2)CC1. The van der Waals surface area contributed by atoms with Crippen LogP contribution in [0.25, 0.3) is 0 Å². The molecule has 2 aliphatic carbocycles. The fourth-order valence-corrected chi connectivity index (χ4v) is 3.87. The average Bonchev–Trinajstić information content (AvgIpc) is 3.03. The van der Waals surface area contributed by atoms with Crippen molar-refractivity contribution in [2.45, 2.75) is 45.4 Å². The number of hydrogen-bond acceptors (Lipinski definition) is 2. The fourth-order valence-electron chi connectivity index (χ4n) is 3.87. The van der Waals surface area contributed by atoms with E-state index in [-0.39, 0.29) is 0 Å². The summed E-state index contributed by atoms with van der Waals surface area (Å²) in [6.07, 6.45) is 7.53. The lowest BCUT2D eigenvalue weighted by molar-refractivity contribution is -0.125. The molecule has 2 unspecified atom stereocenters. The predicted octanol–water partition coefficient (Wildman–Crippen LogP) is 2.27. The zero-order valence-electron chi connectivity index (χ0n) is 12.2. The summed E-state index contributed by atoms with van der Waals surface area (Å²) in [4.78, 5) is 14.5. The second-order valence-corrected chi connectivity index (χ2v) is 7.09. The maximum Gasteiger partial charge on any atom is 0.223 e. The largest absolute Gasteiger partial charge is 0.356 e. The van der Waals surface area contributed by atoms with Crippen LogP contribution in [-0.4, -0.2) is 37.0 Å². The summed E-state index contributed by atoms with van der Waals surface area (Å²) in [5.41, 5.74) is 0. The van der Waals surface area contributed by atoms with Gasteiger partial charge in [0.25, 0.3) is 0 Å². The molecule has 3 fully saturated rings. The molecule has 3 nitrogen and oxygen atoms in total. The molecule has 1 aliphatic heterocycles. The summed E-state index contributed by atoms with van der Waals surface area (Å²) < 4.78 is 0. The molecule has 108 valence electrons. The van der Waals surface area contributed by atoms with E-state index in [9.17, 15) is 4.79 Å². The van der Waals surface area contributed by atoms with Crippen LogP contribution >= 0.6 is 0 Å². The maximum absolute atomic E-state index is 12.0. The lowest BCUT2D eigenvalue weighted by Gasteiger charge is -2.30. The second-order valence-electron chi connectivity index (χ2n) is 7.09. The van der Waals surface area contributed by atoms with Gasteiger partial charge in [-0.3, -0.25) is 4.79 Å². The van der Waals surface area contributed by atoms with Gasteiger partial charge in [-0.15, -0.1) is 0 Å². The number of nitrogens with one attached hydrogen (secondary N) is 1. The molecule has 1 N–H and O–H groups in total. The first-order chi connectivity index (χ1) is 9.22. The number of likely N-dealkylation sites (tertiary alicyclic amines) is 1. The molecule has 3 heteroatoms. The third kappa shape index (κ3) is 3.50. The van der Waals surface area contributed by atoms with E-state index in [0.717, 1.165) is 37.3 Å². The van der Waals surface area contributed by atoms with Crippen LogP contribution in [0.15, 0.2) is 0 Å². The van der Waals surface area contributed by atoms with Crippen LogP contribution < -0.4 is 5.32 Å². The Morgan fingerprint density at radius 1 is 1.16 bits per heavy atom. The highest BCUT2D eigenvalue weighted by Gasteiger charge is 2.47. The summed E-state index contributed by atoms with van der Waals surface area (Å²) in [5.74, 6) is 3.40. The molecular formula is C16H28N2O. The van der Waals surface area contributed by atoms with Crippen molar-refractivity contribution < 1.29 is 4.79 Å². The van der Waals surface area contributed by atoms with E-state index in [1.807, 2.05) is 0 Å². The number of rotatable bonds is 5. The Morgan fingerprint density at radius 3 is 2.53 bits per heavy atom. The second kappa shape index (κ2) is 5.82. The molecule has 1 amide bonds. The molecule has 0 radical (unpaired) electrons. The molecule has 2 atom stereocenters. The number of fused-ring (bicyclic) bond motifs is 1. The molecule has 0 aromatic rings. The smallest absolute Gasteiger partial charge is 0.223 e. The Labute approximate surface area is 117 Å². The quantitative estimate of drug-likeness (QED) is 0.773. The van der Waals surface area contributed by atoms with Crippen molar-refractivity contribution in [1.82, 2.24) is 10.2 Å². The van der Waals surface area contributed by atoms with Gasteiger partial charge in [-0.05, 0) is 75.9 Å². The highest BCUT2D eigenvalue weighted by atomic mass is 16.1. The van der Waals surface area contributed by atoms with Gasteiger partial charge in [-0.1, -0.05) is 6.92 Å². The standard InChI is InChI=1S/C16H28N2O/c1-12-3-7-18(8-4-12)6-2-5-17-16(19)15-10-13-9-14(13)11-15/h12-15H,2-11H2,1H3,(H,17,19). The third-order valence-corrected chi connectivity index (χ3v) is 5.44. The summed E-state index contributed by atoms with van der Waals surface area (Å²) >= 11 is 0. The van der Waals surface area contributed by atoms with E-state index in [1.54, 1.807) is 0 Å². The Balaban J connectivity index is 1.25. The first-order valence-electron chi connectivity index (χ1n) is 8.22. The molecule has 0 spiro atoms. The van der Waals surface area contributed by atoms with Gasteiger partial charge < -0.3 is 10.2 Å². The van der Waals surface area contributed by atoms with Gasteiger partial charge in [-0.25, -0.2) is 0 Å².